The highest BCUT2D eigenvalue weighted by atomic mass is 35.5. The van der Waals surface area contributed by atoms with Crippen LogP contribution in [0.15, 0.2) is 30.7 Å². The molecule has 1 unspecified atom stereocenters. The van der Waals surface area contributed by atoms with Gasteiger partial charge in [0.1, 0.15) is 5.69 Å². The van der Waals surface area contributed by atoms with Gasteiger partial charge in [0, 0.05) is 37.6 Å². The van der Waals surface area contributed by atoms with E-state index < -0.39 is 9.84 Å². The highest BCUT2D eigenvalue weighted by Gasteiger charge is 2.34. The van der Waals surface area contributed by atoms with Crippen molar-refractivity contribution in [1.82, 2.24) is 24.5 Å². The Bertz CT molecular complexity index is 1240. The van der Waals surface area contributed by atoms with Crippen molar-refractivity contribution in [2.24, 2.45) is 0 Å². The van der Waals surface area contributed by atoms with E-state index in [9.17, 15) is 8.42 Å². The van der Waals surface area contributed by atoms with Crippen LogP contribution in [-0.2, 0) is 9.84 Å². The van der Waals surface area contributed by atoms with Gasteiger partial charge < -0.3 is 4.90 Å². The fourth-order valence-corrected chi connectivity index (χ4v) is 6.90. The Kier molecular flexibility index (Phi) is 4.56. The predicted octanol–water partition coefficient (Wildman–Crippen LogP) is 2.52. The second-order valence-corrected chi connectivity index (χ2v) is 11.5. The van der Waals surface area contributed by atoms with Gasteiger partial charge in [-0.2, -0.15) is 10.2 Å². The average Bonchev–Trinajstić information content (AvgIpc) is 3.17. The Morgan fingerprint density at radius 1 is 0.968 bits per heavy atom. The summed E-state index contributed by atoms with van der Waals surface area (Å²) in [4.78, 5) is 4.62. The fourth-order valence-electron chi connectivity index (χ4n) is 4.85. The van der Waals surface area contributed by atoms with Crippen LogP contribution in [0.1, 0.15) is 25.3 Å². The lowest BCUT2D eigenvalue weighted by Gasteiger charge is -2.39. The lowest BCUT2D eigenvalue weighted by molar-refractivity contribution is 0.200. The van der Waals surface area contributed by atoms with Crippen molar-refractivity contribution < 1.29 is 8.42 Å². The van der Waals surface area contributed by atoms with Gasteiger partial charge in [-0.25, -0.2) is 13.1 Å². The van der Waals surface area contributed by atoms with Crippen molar-refractivity contribution in [3.63, 3.8) is 0 Å². The molecule has 8 nitrogen and oxygen atoms in total. The quantitative estimate of drug-likeness (QED) is 0.595. The van der Waals surface area contributed by atoms with Crippen LogP contribution in [0.25, 0.3) is 16.6 Å². The number of hydrogen-bond donors (Lipinski definition) is 0. The third kappa shape index (κ3) is 3.62. The molecular formula is C21H25ClN6O2S. The number of piperazine rings is 1. The minimum Gasteiger partial charge on any atom is -0.368 e. The Balaban J connectivity index is 1.24. The van der Waals surface area contributed by atoms with Crippen LogP contribution in [0, 0.1) is 0 Å². The molecule has 164 valence electrons. The molecule has 2 aliphatic heterocycles. The highest BCUT2D eigenvalue weighted by molar-refractivity contribution is 7.91. The van der Waals surface area contributed by atoms with Gasteiger partial charge in [-0.05, 0) is 31.4 Å². The Morgan fingerprint density at radius 3 is 2.48 bits per heavy atom. The van der Waals surface area contributed by atoms with Crippen LogP contribution < -0.4 is 4.90 Å². The molecule has 3 aromatic rings. The topological polar surface area (TPSA) is 76.3 Å². The second-order valence-electron chi connectivity index (χ2n) is 8.91. The molecule has 1 saturated carbocycles. The minimum absolute atomic E-state index is 0.162. The molecule has 0 amide bonds. The molecule has 0 bridgehead atoms. The number of anilines is 1. The van der Waals surface area contributed by atoms with E-state index >= 15 is 0 Å². The van der Waals surface area contributed by atoms with Gasteiger partial charge in [-0.3, -0.25) is 9.58 Å². The molecule has 6 rings (SSSR count). The summed E-state index contributed by atoms with van der Waals surface area (Å²) in [5.41, 5.74) is 2.98. The zero-order valence-electron chi connectivity index (χ0n) is 17.2. The Morgan fingerprint density at radius 2 is 1.77 bits per heavy atom. The molecule has 3 aliphatic rings. The number of benzene rings is 1. The molecule has 0 spiro atoms. The van der Waals surface area contributed by atoms with Gasteiger partial charge in [0.15, 0.2) is 9.84 Å². The van der Waals surface area contributed by atoms with Crippen LogP contribution >= 0.6 is 11.6 Å². The van der Waals surface area contributed by atoms with E-state index in [1.807, 2.05) is 27.8 Å². The molecule has 1 atom stereocenters. The number of sulfone groups is 1. The van der Waals surface area contributed by atoms with Crippen LogP contribution in [0.4, 0.5) is 5.69 Å². The number of aromatic nitrogens is 4. The van der Waals surface area contributed by atoms with Crippen LogP contribution in [0.2, 0.25) is 5.02 Å². The Labute approximate surface area is 186 Å². The lowest BCUT2D eigenvalue weighted by Crippen LogP contribution is -2.50. The number of fused-ring (bicyclic) bond motifs is 1. The van der Waals surface area contributed by atoms with Crippen molar-refractivity contribution in [3.8, 4) is 5.69 Å². The predicted molar refractivity (Wildman–Crippen MR) is 121 cm³/mol. The van der Waals surface area contributed by atoms with E-state index in [0.717, 1.165) is 59.9 Å². The first-order valence-electron chi connectivity index (χ1n) is 10.9. The normalized spacial score (nSPS) is 24.3. The summed E-state index contributed by atoms with van der Waals surface area (Å²) >= 11 is 6.66. The zero-order valence-corrected chi connectivity index (χ0v) is 18.8. The van der Waals surface area contributed by atoms with Crippen molar-refractivity contribution in [2.45, 2.75) is 31.3 Å². The second kappa shape index (κ2) is 7.21. The van der Waals surface area contributed by atoms with E-state index in [4.69, 9.17) is 11.6 Å². The summed E-state index contributed by atoms with van der Waals surface area (Å²) in [6.07, 6.45) is 8.92. The third-order valence-electron chi connectivity index (χ3n) is 6.77. The number of nitrogens with zero attached hydrogens (tertiary/aromatic N) is 6. The summed E-state index contributed by atoms with van der Waals surface area (Å²) in [5, 5.41) is 10.8. The van der Waals surface area contributed by atoms with Crippen molar-refractivity contribution in [3.05, 3.63) is 35.7 Å². The third-order valence-corrected chi connectivity index (χ3v) is 8.82. The van der Waals surface area contributed by atoms with Crippen LogP contribution in [0.5, 0.6) is 0 Å². The molecule has 31 heavy (non-hydrogen) atoms. The Hall–Kier alpha value is -2.10. The molecule has 2 aromatic heterocycles. The van der Waals surface area contributed by atoms with Crippen molar-refractivity contribution >= 4 is 38.0 Å². The fraction of sp³-hybridized carbons (Fsp3) is 0.524. The van der Waals surface area contributed by atoms with E-state index in [-0.39, 0.29) is 6.04 Å². The summed E-state index contributed by atoms with van der Waals surface area (Å²) in [6, 6.07) is 4.80. The molecule has 0 radical (unpaired) electrons. The van der Waals surface area contributed by atoms with E-state index in [2.05, 4.69) is 32.3 Å². The van der Waals surface area contributed by atoms with E-state index in [0.29, 0.717) is 17.5 Å². The van der Waals surface area contributed by atoms with Gasteiger partial charge in [-0.15, -0.1) is 0 Å². The molecule has 0 N–H and O–H groups in total. The average molecular weight is 461 g/mol. The summed E-state index contributed by atoms with van der Waals surface area (Å²) in [7, 11) is -2.86. The first-order chi connectivity index (χ1) is 15.0. The van der Waals surface area contributed by atoms with Gasteiger partial charge in [0.05, 0.1) is 52.4 Å². The van der Waals surface area contributed by atoms with Gasteiger partial charge in [0.2, 0.25) is 0 Å². The van der Waals surface area contributed by atoms with Gasteiger partial charge >= 0.3 is 0 Å². The standard InChI is InChI=1S/C21H25ClN6O2S/c22-19-9-15-11-24-28(18-12-23-27(13-18)16-1-2-16)20(15)10-21(19)26-6-4-25(5-7-26)17-3-8-31(29,30)14-17/h9-13,16-17H,1-8,14H2. The van der Waals surface area contributed by atoms with Crippen LogP contribution in [0.3, 0.4) is 0 Å². The van der Waals surface area contributed by atoms with E-state index in [1.165, 1.54) is 12.8 Å². The minimum atomic E-state index is -2.86. The smallest absolute Gasteiger partial charge is 0.151 e. The molecule has 10 heteroatoms. The van der Waals surface area contributed by atoms with Gasteiger partial charge in [-0.1, -0.05) is 11.6 Å². The molecule has 4 heterocycles. The van der Waals surface area contributed by atoms with Crippen LogP contribution in [-0.4, -0.2) is 76.6 Å². The van der Waals surface area contributed by atoms with E-state index in [1.54, 1.807) is 0 Å². The monoisotopic (exact) mass is 460 g/mol. The maximum Gasteiger partial charge on any atom is 0.151 e. The first kappa shape index (κ1) is 19.6. The van der Waals surface area contributed by atoms with Gasteiger partial charge in [0.25, 0.3) is 0 Å². The largest absolute Gasteiger partial charge is 0.368 e. The summed E-state index contributed by atoms with van der Waals surface area (Å²) in [5.74, 6) is 0.620. The first-order valence-corrected chi connectivity index (χ1v) is 13.1. The number of hydrogen-bond acceptors (Lipinski definition) is 6. The number of halogens is 1. The number of rotatable bonds is 4. The molecular weight excluding hydrogens is 436 g/mol. The van der Waals surface area contributed by atoms with Crippen molar-refractivity contribution in [2.75, 3.05) is 42.6 Å². The molecule has 1 aliphatic carbocycles. The zero-order chi connectivity index (χ0) is 21.2. The lowest BCUT2D eigenvalue weighted by atomic mass is 10.1. The SMILES string of the molecule is O=S1(=O)CCC(N2CCN(c3cc4c(cnn4-c4cnn(C5CC5)c4)cc3Cl)CC2)C1. The van der Waals surface area contributed by atoms with Crippen molar-refractivity contribution in [1.29, 1.82) is 0 Å². The molecule has 1 aromatic carbocycles. The summed E-state index contributed by atoms with van der Waals surface area (Å²) < 4.78 is 27.6. The molecule has 3 fully saturated rings. The maximum atomic E-state index is 11.8. The molecule has 2 saturated heterocycles. The maximum absolute atomic E-state index is 11.8. The highest BCUT2D eigenvalue weighted by Crippen LogP contribution is 2.36. The summed E-state index contributed by atoms with van der Waals surface area (Å²) in [6.45, 7) is 3.36.